The minimum atomic E-state index is 0.0564. The van der Waals surface area contributed by atoms with Crippen LogP contribution in [-0.2, 0) is 0 Å². The van der Waals surface area contributed by atoms with Crippen LogP contribution in [0.2, 0.25) is 0 Å². The Bertz CT molecular complexity index is 2610. The molecule has 11 rings (SSSR count). The molecule has 5 heterocycles. The minimum absolute atomic E-state index is 0.0564. The van der Waals surface area contributed by atoms with Crippen LogP contribution in [-0.4, -0.2) is 15.9 Å². The highest BCUT2D eigenvalue weighted by atomic mass is 16.3. The van der Waals surface area contributed by atoms with Crippen molar-refractivity contribution in [1.82, 2.24) is 9.05 Å². The molecule has 0 saturated heterocycles. The molecule has 0 N–H and O–H groups in total. The number of benzene rings is 6. The zero-order valence-corrected chi connectivity index (χ0v) is 21.3. The fraction of sp³-hybridized carbons (Fsp3) is 0. The van der Waals surface area contributed by atoms with Gasteiger partial charge in [0.15, 0.2) is 0 Å². The number of hydrogen-bond donors (Lipinski definition) is 0. The molecule has 0 bridgehead atoms. The van der Waals surface area contributed by atoms with Gasteiger partial charge in [0, 0.05) is 43.5 Å². The second-order valence-electron chi connectivity index (χ2n) is 11.2. The van der Waals surface area contributed by atoms with Gasteiger partial charge in [0.2, 0.25) is 0 Å². The standard InChI is InChI=1S/C36H19BN2O/c1-4-13-28-20(8-1)25-17-16-22-24-12-7-11-23-21-9-2-5-14-29(21)39(34(23)24)37-27-18-19-31-32(26-10-3-6-15-30(26)40-31)36(27)38(28)35(25)33(22)37/h1-19H. The average molecular weight is 506 g/mol. The van der Waals surface area contributed by atoms with Crippen LogP contribution in [0.3, 0.4) is 0 Å². The lowest BCUT2D eigenvalue weighted by Gasteiger charge is -2.33. The largest absolute Gasteiger partial charge is 0.456 e. The minimum Gasteiger partial charge on any atom is -0.456 e. The second kappa shape index (κ2) is 6.49. The smallest absolute Gasteiger partial charge is 0.333 e. The molecule has 2 aliphatic heterocycles. The Morgan fingerprint density at radius 2 is 1.23 bits per heavy atom. The lowest BCUT2D eigenvalue weighted by Crippen LogP contribution is -2.55. The van der Waals surface area contributed by atoms with E-state index in [1.807, 2.05) is 0 Å². The first kappa shape index (κ1) is 19.8. The maximum Gasteiger partial charge on any atom is 0.333 e. The van der Waals surface area contributed by atoms with Gasteiger partial charge in [-0.15, -0.1) is 0 Å². The molecule has 182 valence electrons. The van der Waals surface area contributed by atoms with Crippen molar-refractivity contribution in [2.45, 2.75) is 0 Å². The van der Waals surface area contributed by atoms with Crippen molar-refractivity contribution in [2.75, 3.05) is 0 Å². The summed E-state index contributed by atoms with van der Waals surface area (Å²) in [5.74, 6) is 0. The van der Waals surface area contributed by atoms with E-state index in [9.17, 15) is 0 Å². The van der Waals surface area contributed by atoms with Crippen LogP contribution in [0.25, 0.3) is 82.4 Å². The lowest BCUT2D eigenvalue weighted by atomic mass is 9.45. The summed E-state index contributed by atoms with van der Waals surface area (Å²) in [6, 6.07) is 42.3. The summed E-state index contributed by atoms with van der Waals surface area (Å²) in [4.78, 5) is 0. The van der Waals surface area contributed by atoms with E-state index in [1.165, 1.54) is 82.1 Å². The second-order valence-corrected chi connectivity index (χ2v) is 11.2. The zero-order chi connectivity index (χ0) is 25.7. The van der Waals surface area contributed by atoms with Crippen molar-refractivity contribution in [1.29, 1.82) is 0 Å². The van der Waals surface area contributed by atoms with E-state index in [-0.39, 0.29) is 6.85 Å². The highest BCUT2D eigenvalue weighted by Crippen LogP contribution is 2.45. The van der Waals surface area contributed by atoms with Crippen LogP contribution < -0.4 is 10.9 Å². The molecule has 0 atom stereocenters. The number of fused-ring (bicyclic) bond motifs is 15. The van der Waals surface area contributed by atoms with Gasteiger partial charge in [0.25, 0.3) is 0 Å². The molecule has 0 amide bonds. The molecule has 0 fully saturated rings. The Labute approximate surface area is 228 Å². The molecule has 3 nitrogen and oxygen atoms in total. The molecular formula is C36H19BN2O. The van der Waals surface area contributed by atoms with E-state index in [0.717, 1.165) is 11.2 Å². The SMILES string of the molecule is c1ccc2c(c1)oc1ccc3c(c12)-n1c2ccccc2c2ccc4c(c21)B3n1c2ccccc2c2cccc-4c21. The van der Waals surface area contributed by atoms with Crippen molar-refractivity contribution < 1.29 is 4.42 Å². The third-order valence-corrected chi connectivity index (χ3v) is 9.49. The fourth-order valence-electron chi connectivity index (χ4n) is 8.06. The summed E-state index contributed by atoms with van der Waals surface area (Å²) in [5, 5.41) is 7.59. The Morgan fingerprint density at radius 1 is 0.500 bits per heavy atom. The van der Waals surface area contributed by atoms with Crippen molar-refractivity contribution >= 4 is 83.3 Å². The monoisotopic (exact) mass is 506 g/mol. The summed E-state index contributed by atoms with van der Waals surface area (Å²) in [7, 11) is 0. The summed E-state index contributed by atoms with van der Waals surface area (Å²) in [6.45, 7) is 0.0564. The maximum atomic E-state index is 6.45. The van der Waals surface area contributed by atoms with E-state index in [2.05, 4.69) is 124 Å². The Hall–Kier alpha value is -5.22. The first-order chi connectivity index (χ1) is 19.9. The highest BCUT2D eigenvalue weighted by molar-refractivity contribution is 6.90. The van der Waals surface area contributed by atoms with Crippen molar-refractivity contribution in [3.05, 3.63) is 115 Å². The van der Waals surface area contributed by atoms with Gasteiger partial charge < -0.3 is 13.5 Å². The summed E-state index contributed by atoms with van der Waals surface area (Å²) < 4.78 is 11.6. The van der Waals surface area contributed by atoms with E-state index in [0.29, 0.717) is 0 Å². The number of para-hydroxylation sites is 4. The van der Waals surface area contributed by atoms with Gasteiger partial charge in [0.05, 0.1) is 22.1 Å². The Morgan fingerprint density at radius 3 is 2.12 bits per heavy atom. The van der Waals surface area contributed by atoms with Crippen LogP contribution in [0, 0.1) is 0 Å². The zero-order valence-electron chi connectivity index (χ0n) is 21.3. The molecule has 3 aromatic heterocycles. The van der Waals surface area contributed by atoms with Crippen molar-refractivity contribution in [3.63, 3.8) is 0 Å². The molecule has 2 aliphatic rings. The van der Waals surface area contributed by atoms with Crippen LogP contribution in [0.15, 0.2) is 120 Å². The van der Waals surface area contributed by atoms with Crippen LogP contribution in [0.5, 0.6) is 0 Å². The first-order valence-corrected chi connectivity index (χ1v) is 13.9. The van der Waals surface area contributed by atoms with Crippen molar-refractivity contribution in [3.8, 4) is 16.8 Å². The molecule has 0 unspecified atom stereocenters. The van der Waals surface area contributed by atoms with Gasteiger partial charge >= 0.3 is 6.85 Å². The van der Waals surface area contributed by atoms with Crippen molar-refractivity contribution in [2.24, 2.45) is 0 Å². The predicted octanol–water partition coefficient (Wildman–Crippen LogP) is 7.74. The summed E-state index contributed by atoms with van der Waals surface area (Å²) in [6.07, 6.45) is 0. The van der Waals surface area contributed by atoms with Gasteiger partial charge in [-0.1, -0.05) is 91.0 Å². The van der Waals surface area contributed by atoms with Gasteiger partial charge in [-0.3, -0.25) is 0 Å². The van der Waals surface area contributed by atoms with E-state index >= 15 is 0 Å². The molecular weight excluding hydrogens is 487 g/mol. The van der Waals surface area contributed by atoms with Gasteiger partial charge in [-0.25, -0.2) is 0 Å². The van der Waals surface area contributed by atoms with Gasteiger partial charge in [0.1, 0.15) is 11.2 Å². The number of aromatic nitrogens is 2. The number of furan rings is 1. The molecule has 4 heteroatoms. The van der Waals surface area contributed by atoms with Gasteiger partial charge in [-0.05, 0) is 40.8 Å². The van der Waals surface area contributed by atoms with Crippen LogP contribution in [0.1, 0.15) is 0 Å². The third kappa shape index (κ3) is 2.03. The van der Waals surface area contributed by atoms with E-state index in [1.54, 1.807) is 0 Å². The molecule has 0 saturated carbocycles. The molecule has 0 radical (unpaired) electrons. The molecule has 6 aromatic carbocycles. The quantitative estimate of drug-likeness (QED) is 0.193. The van der Waals surface area contributed by atoms with E-state index < -0.39 is 0 Å². The first-order valence-electron chi connectivity index (χ1n) is 13.9. The van der Waals surface area contributed by atoms with E-state index in [4.69, 9.17) is 4.42 Å². The lowest BCUT2D eigenvalue weighted by molar-refractivity contribution is 0.669. The topological polar surface area (TPSA) is 23.0 Å². The average Bonchev–Trinajstić information content (AvgIpc) is 3.67. The normalized spacial score (nSPS) is 13.4. The van der Waals surface area contributed by atoms with Crippen LogP contribution in [0.4, 0.5) is 0 Å². The maximum absolute atomic E-state index is 6.45. The van der Waals surface area contributed by atoms with Gasteiger partial charge in [-0.2, -0.15) is 0 Å². The fourth-order valence-corrected chi connectivity index (χ4v) is 8.06. The van der Waals surface area contributed by atoms with Crippen LogP contribution >= 0.6 is 0 Å². The summed E-state index contributed by atoms with van der Waals surface area (Å²) in [5.41, 5.74) is 13.6. The number of nitrogens with zero attached hydrogens (tertiary/aromatic N) is 2. The summed E-state index contributed by atoms with van der Waals surface area (Å²) >= 11 is 0. The number of rotatable bonds is 0. The third-order valence-electron chi connectivity index (χ3n) is 9.49. The highest BCUT2D eigenvalue weighted by Gasteiger charge is 2.42. The Balaban J connectivity index is 1.47. The molecule has 0 spiro atoms. The molecule has 9 aromatic rings. The molecule has 40 heavy (non-hydrogen) atoms. The number of hydrogen-bond acceptors (Lipinski definition) is 1. The molecule has 0 aliphatic carbocycles. The predicted molar refractivity (Wildman–Crippen MR) is 167 cm³/mol. The Kier molecular flexibility index (Phi) is 3.21.